The van der Waals surface area contributed by atoms with Crippen molar-refractivity contribution in [3.05, 3.63) is 28.2 Å². The van der Waals surface area contributed by atoms with E-state index < -0.39 is 11.4 Å². The molecule has 0 saturated carbocycles. The monoisotopic (exact) mass is 310 g/mol. The summed E-state index contributed by atoms with van der Waals surface area (Å²) in [5.74, 6) is -1.28. The highest BCUT2D eigenvalue weighted by molar-refractivity contribution is 5.66. The molecule has 1 aliphatic heterocycles. The van der Waals surface area contributed by atoms with Crippen molar-refractivity contribution in [2.45, 2.75) is 45.6 Å². The third-order valence-electron chi connectivity index (χ3n) is 3.64. The Bertz CT molecular complexity index is 588. The number of pyridine rings is 1. The lowest BCUT2D eigenvalue weighted by Gasteiger charge is -2.35. The standard InChI is InChI=1S/C15H22N2O5/c1-10-6-16(7-11(2)22-10)8-12-5-13(18)14(19)9-17(12)4-3-15(20)21/h5,9-11,19H,3-4,6-8H2,1-2H3,(H,20,21). The molecule has 1 saturated heterocycles. The van der Waals surface area contributed by atoms with E-state index in [0.717, 1.165) is 13.1 Å². The molecule has 0 aliphatic carbocycles. The van der Waals surface area contributed by atoms with Gasteiger partial charge in [-0.1, -0.05) is 0 Å². The predicted molar refractivity (Wildman–Crippen MR) is 79.9 cm³/mol. The van der Waals surface area contributed by atoms with E-state index in [1.54, 1.807) is 4.57 Å². The van der Waals surface area contributed by atoms with Crippen molar-refractivity contribution in [1.82, 2.24) is 9.47 Å². The van der Waals surface area contributed by atoms with Gasteiger partial charge in [-0.25, -0.2) is 0 Å². The van der Waals surface area contributed by atoms with Crippen LogP contribution in [0.1, 0.15) is 26.0 Å². The van der Waals surface area contributed by atoms with Gasteiger partial charge in [0.25, 0.3) is 0 Å². The largest absolute Gasteiger partial charge is 0.503 e. The lowest BCUT2D eigenvalue weighted by molar-refractivity contribution is -0.137. The smallest absolute Gasteiger partial charge is 0.305 e. The third-order valence-corrected chi connectivity index (χ3v) is 3.64. The molecule has 7 heteroatoms. The highest BCUT2D eigenvalue weighted by atomic mass is 16.5. The Morgan fingerprint density at radius 1 is 1.36 bits per heavy atom. The first-order chi connectivity index (χ1) is 10.3. The number of ether oxygens (including phenoxy) is 1. The Labute approximate surface area is 128 Å². The van der Waals surface area contributed by atoms with Gasteiger partial charge in [-0.15, -0.1) is 0 Å². The summed E-state index contributed by atoms with van der Waals surface area (Å²) in [6.07, 6.45) is 1.47. The van der Waals surface area contributed by atoms with Gasteiger partial charge in [0.1, 0.15) is 0 Å². The summed E-state index contributed by atoms with van der Waals surface area (Å²) < 4.78 is 7.31. The molecule has 7 nitrogen and oxygen atoms in total. The minimum atomic E-state index is -0.919. The maximum absolute atomic E-state index is 11.7. The van der Waals surface area contributed by atoms with Gasteiger partial charge in [0.05, 0.1) is 24.8 Å². The normalized spacial score (nSPS) is 22.6. The van der Waals surface area contributed by atoms with Crippen LogP contribution in [0.5, 0.6) is 5.75 Å². The van der Waals surface area contributed by atoms with Crippen LogP contribution >= 0.6 is 0 Å². The zero-order valence-corrected chi connectivity index (χ0v) is 12.9. The molecule has 0 radical (unpaired) electrons. The van der Waals surface area contributed by atoms with Crippen LogP contribution in [0.4, 0.5) is 0 Å². The van der Waals surface area contributed by atoms with Crippen LogP contribution in [0.2, 0.25) is 0 Å². The van der Waals surface area contributed by atoms with Gasteiger partial charge in [0.15, 0.2) is 5.75 Å². The topological polar surface area (TPSA) is 92.0 Å². The number of aromatic nitrogens is 1. The maximum atomic E-state index is 11.7. The fraction of sp³-hybridized carbons (Fsp3) is 0.600. The van der Waals surface area contributed by atoms with Gasteiger partial charge in [-0.2, -0.15) is 0 Å². The number of nitrogens with zero attached hydrogens (tertiary/aromatic N) is 2. The highest BCUT2D eigenvalue weighted by Crippen LogP contribution is 2.15. The molecule has 2 rings (SSSR count). The number of hydrogen-bond donors (Lipinski definition) is 2. The van der Waals surface area contributed by atoms with Gasteiger partial charge in [-0.05, 0) is 13.8 Å². The fourth-order valence-electron chi connectivity index (χ4n) is 2.81. The van der Waals surface area contributed by atoms with Crippen LogP contribution in [-0.4, -0.2) is 50.9 Å². The number of morpholine rings is 1. The number of rotatable bonds is 5. The average molecular weight is 310 g/mol. The number of aliphatic carboxylic acids is 1. The molecule has 2 heterocycles. The van der Waals surface area contributed by atoms with Crippen molar-refractivity contribution in [2.24, 2.45) is 0 Å². The molecule has 1 fully saturated rings. The lowest BCUT2D eigenvalue weighted by atomic mass is 10.2. The van der Waals surface area contributed by atoms with E-state index in [2.05, 4.69) is 4.90 Å². The van der Waals surface area contributed by atoms with Crippen LogP contribution in [0, 0.1) is 0 Å². The quantitative estimate of drug-likeness (QED) is 0.829. The fourth-order valence-corrected chi connectivity index (χ4v) is 2.81. The summed E-state index contributed by atoms with van der Waals surface area (Å²) in [6.45, 7) is 6.23. The SMILES string of the molecule is CC1CN(Cc2cc(=O)c(O)cn2CCC(=O)O)CC(C)O1. The van der Waals surface area contributed by atoms with Crippen molar-refractivity contribution in [2.75, 3.05) is 13.1 Å². The Hall–Kier alpha value is -1.86. The van der Waals surface area contributed by atoms with Crippen molar-refractivity contribution in [3.8, 4) is 5.75 Å². The molecule has 0 amide bonds. The second kappa shape index (κ2) is 6.93. The van der Waals surface area contributed by atoms with Gasteiger partial charge < -0.3 is 19.5 Å². The Morgan fingerprint density at radius 3 is 2.59 bits per heavy atom. The van der Waals surface area contributed by atoms with Crippen LogP contribution in [0.3, 0.4) is 0 Å². The summed E-state index contributed by atoms with van der Waals surface area (Å²) in [5, 5.41) is 18.4. The molecule has 2 atom stereocenters. The summed E-state index contributed by atoms with van der Waals surface area (Å²) in [6, 6.07) is 1.38. The first-order valence-corrected chi connectivity index (χ1v) is 7.37. The zero-order chi connectivity index (χ0) is 16.3. The Kier molecular flexibility index (Phi) is 5.20. The van der Waals surface area contributed by atoms with Gasteiger partial charge in [0.2, 0.25) is 5.43 Å². The maximum Gasteiger partial charge on any atom is 0.305 e. The molecular weight excluding hydrogens is 288 g/mol. The first-order valence-electron chi connectivity index (χ1n) is 7.37. The Balaban J connectivity index is 2.19. The van der Waals surface area contributed by atoms with Crippen LogP contribution in [0.15, 0.2) is 17.1 Å². The molecular formula is C15H22N2O5. The molecule has 0 aromatic carbocycles. The van der Waals surface area contributed by atoms with Crippen molar-refractivity contribution in [1.29, 1.82) is 0 Å². The van der Waals surface area contributed by atoms with Crippen molar-refractivity contribution >= 4 is 5.97 Å². The van der Waals surface area contributed by atoms with Crippen molar-refractivity contribution in [3.63, 3.8) is 0 Å². The van der Waals surface area contributed by atoms with Gasteiger partial charge in [-0.3, -0.25) is 14.5 Å². The average Bonchev–Trinajstić information content (AvgIpc) is 2.39. The van der Waals surface area contributed by atoms with Gasteiger partial charge >= 0.3 is 5.97 Å². The molecule has 0 spiro atoms. The van der Waals surface area contributed by atoms with Gasteiger partial charge in [0, 0.05) is 37.9 Å². The molecule has 22 heavy (non-hydrogen) atoms. The van der Waals surface area contributed by atoms with E-state index in [0.29, 0.717) is 12.2 Å². The lowest BCUT2D eigenvalue weighted by Crippen LogP contribution is -2.45. The molecule has 122 valence electrons. The summed E-state index contributed by atoms with van der Waals surface area (Å²) in [4.78, 5) is 24.6. The summed E-state index contributed by atoms with van der Waals surface area (Å²) >= 11 is 0. The van der Waals surface area contributed by atoms with E-state index >= 15 is 0 Å². The predicted octanol–water partition coefficient (Wildman–Crippen LogP) is 0.638. The highest BCUT2D eigenvalue weighted by Gasteiger charge is 2.23. The third kappa shape index (κ3) is 4.32. The number of carboxylic acids is 1. The molecule has 2 N–H and O–H groups in total. The van der Waals surface area contributed by atoms with Crippen LogP contribution in [0.25, 0.3) is 0 Å². The van der Waals surface area contributed by atoms with E-state index in [4.69, 9.17) is 9.84 Å². The van der Waals surface area contributed by atoms with E-state index in [1.807, 2.05) is 13.8 Å². The minimum absolute atomic E-state index is 0.0643. The summed E-state index contributed by atoms with van der Waals surface area (Å²) in [5.41, 5.74) is 0.251. The van der Waals surface area contributed by atoms with Crippen LogP contribution in [-0.2, 0) is 22.6 Å². The van der Waals surface area contributed by atoms with E-state index in [9.17, 15) is 14.7 Å². The number of hydrogen-bond acceptors (Lipinski definition) is 5. The van der Waals surface area contributed by atoms with E-state index in [-0.39, 0.29) is 30.9 Å². The molecule has 2 unspecified atom stereocenters. The Morgan fingerprint density at radius 2 is 2.00 bits per heavy atom. The molecule has 1 aromatic rings. The first kappa shape index (κ1) is 16.5. The number of carboxylic acid groups (broad SMARTS) is 1. The molecule has 1 aliphatic rings. The molecule has 0 bridgehead atoms. The molecule has 1 aromatic heterocycles. The number of aromatic hydroxyl groups is 1. The number of aryl methyl sites for hydroxylation is 1. The second-order valence-electron chi connectivity index (χ2n) is 5.80. The number of carbonyl (C=O) groups is 1. The second-order valence-corrected chi connectivity index (χ2v) is 5.80. The minimum Gasteiger partial charge on any atom is -0.503 e. The zero-order valence-electron chi connectivity index (χ0n) is 12.9. The van der Waals surface area contributed by atoms with Crippen LogP contribution < -0.4 is 5.43 Å². The van der Waals surface area contributed by atoms with Crippen molar-refractivity contribution < 1.29 is 19.7 Å². The summed E-state index contributed by atoms with van der Waals surface area (Å²) in [7, 11) is 0. The van der Waals surface area contributed by atoms with E-state index in [1.165, 1.54) is 12.3 Å².